The smallest absolute Gasteiger partial charge is 0.331 e. The van der Waals surface area contributed by atoms with Gasteiger partial charge < -0.3 is 9.15 Å². The second-order valence-corrected chi connectivity index (χ2v) is 6.87. The molecule has 3 rings (SSSR count). The molecule has 0 aliphatic carbocycles. The number of rotatable bonds is 7. The molecule has 0 amide bonds. The van der Waals surface area contributed by atoms with E-state index in [1.54, 1.807) is 42.6 Å². The molecule has 8 heteroatoms. The van der Waals surface area contributed by atoms with Gasteiger partial charge in [-0.1, -0.05) is 12.1 Å². The van der Waals surface area contributed by atoms with Crippen molar-refractivity contribution in [2.75, 3.05) is 6.61 Å². The van der Waals surface area contributed by atoms with Gasteiger partial charge in [-0.05, 0) is 37.3 Å². The van der Waals surface area contributed by atoms with Crippen molar-refractivity contribution in [3.63, 3.8) is 0 Å². The van der Waals surface area contributed by atoms with Crippen molar-refractivity contribution in [3.8, 4) is 17.4 Å². The average Bonchev–Trinajstić information content (AvgIpc) is 3.35. The zero-order valence-electron chi connectivity index (χ0n) is 15.3. The lowest BCUT2D eigenvalue weighted by Gasteiger charge is -2.05. The summed E-state index contributed by atoms with van der Waals surface area (Å²) >= 11 is 1.21. The SMILES string of the molecule is Cc1csc([C@@H](C#N)C(=O)COC(=O)/C=C/c2ccc(-c3ccccc3F)o2)n1. The number of ether oxygens (including phenoxy) is 1. The molecule has 0 fully saturated rings. The van der Waals surface area contributed by atoms with Crippen molar-refractivity contribution in [1.29, 1.82) is 5.26 Å². The lowest BCUT2D eigenvalue weighted by molar-refractivity contribution is -0.143. The largest absolute Gasteiger partial charge is 0.457 e. The quantitative estimate of drug-likeness (QED) is 0.426. The molecule has 0 spiro atoms. The number of nitriles is 1. The summed E-state index contributed by atoms with van der Waals surface area (Å²) in [5.74, 6) is -2.17. The summed E-state index contributed by atoms with van der Waals surface area (Å²) in [6, 6.07) is 11.2. The molecular formula is C21H15FN2O4S. The fraction of sp³-hybridized carbons (Fsp3) is 0.143. The predicted octanol–water partition coefficient (Wildman–Crippen LogP) is 4.28. The van der Waals surface area contributed by atoms with Crippen LogP contribution < -0.4 is 0 Å². The highest BCUT2D eigenvalue weighted by Gasteiger charge is 2.24. The Bertz CT molecular complexity index is 1110. The first kappa shape index (κ1) is 20.2. The topological polar surface area (TPSA) is 93.2 Å². The first-order chi connectivity index (χ1) is 14.0. The third kappa shape index (κ3) is 5.03. The minimum Gasteiger partial charge on any atom is -0.457 e. The van der Waals surface area contributed by atoms with E-state index in [-0.39, 0.29) is 0 Å². The molecule has 2 heterocycles. The predicted molar refractivity (Wildman–Crippen MR) is 104 cm³/mol. The Morgan fingerprint density at radius 2 is 2.14 bits per heavy atom. The first-order valence-corrected chi connectivity index (χ1v) is 9.40. The van der Waals surface area contributed by atoms with Crippen LogP contribution in [0, 0.1) is 24.1 Å². The normalized spacial score (nSPS) is 11.9. The third-order valence-corrected chi connectivity index (χ3v) is 4.87. The Balaban J connectivity index is 1.57. The number of nitrogens with zero attached hydrogens (tertiary/aromatic N) is 2. The number of hydrogen-bond acceptors (Lipinski definition) is 7. The molecule has 2 aromatic heterocycles. The summed E-state index contributed by atoms with van der Waals surface area (Å²) in [7, 11) is 0. The van der Waals surface area contributed by atoms with Gasteiger partial charge >= 0.3 is 5.97 Å². The van der Waals surface area contributed by atoms with Crippen LogP contribution in [0.15, 0.2) is 52.3 Å². The molecule has 6 nitrogen and oxygen atoms in total. The molecule has 0 aliphatic rings. The number of Topliss-reactive ketones (excluding diaryl/α,β-unsaturated/α-hetero) is 1. The lowest BCUT2D eigenvalue weighted by Crippen LogP contribution is -2.19. The molecule has 0 radical (unpaired) electrons. The van der Waals surface area contributed by atoms with Crippen LogP contribution in [0.3, 0.4) is 0 Å². The molecule has 0 aliphatic heterocycles. The zero-order valence-corrected chi connectivity index (χ0v) is 16.1. The van der Waals surface area contributed by atoms with E-state index in [4.69, 9.17) is 9.15 Å². The highest BCUT2D eigenvalue weighted by molar-refractivity contribution is 7.09. The van der Waals surface area contributed by atoms with Crippen molar-refractivity contribution in [2.24, 2.45) is 0 Å². The van der Waals surface area contributed by atoms with Gasteiger partial charge in [-0.3, -0.25) is 4.79 Å². The van der Waals surface area contributed by atoms with Crippen LogP contribution in [0.5, 0.6) is 0 Å². The van der Waals surface area contributed by atoms with Crippen molar-refractivity contribution >= 4 is 29.2 Å². The van der Waals surface area contributed by atoms with Crippen LogP contribution in [0.4, 0.5) is 4.39 Å². The maximum absolute atomic E-state index is 13.8. The van der Waals surface area contributed by atoms with Gasteiger partial charge in [0.25, 0.3) is 0 Å². The van der Waals surface area contributed by atoms with Crippen LogP contribution in [0.2, 0.25) is 0 Å². The van der Waals surface area contributed by atoms with Gasteiger partial charge in [0.15, 0.2) is 18.3 Å². The summed E-state index contributed by atoms with van der Waals surface area (Å²) in [5, 5.41) is 11.3. The number of thiazole rings is 1. The summed E-state index contributed by atoms with van der Waals surface area (Å²) < 4.78 is 24.2. The number of carbonyl (C=O) groups excluding carboxylic acids is 2. The maximum atomic E-state index is 13.8. The second kappa shape index (κ2) is 9.08. The molecule has 3 aromatic rings. The van der Waals surface area contributed by atoms with E-state index in [2.05, 4.69) is 4.98 Å². The second-order valence-electron chi connectivity index (χ2n) is 5.98. The lowest BCUT2D eigenvalue weighted by atomic mass is 10.1. The maximum Gasteiger partial charge on any atom is 0.331 e. The van der Waals surface area contributed by atoms with Crippen LogP contribution >= 0.6 is 11.3 Å². The van der Waals surface area contributed by atoms with Gasteiger partial charge in [0.1, 0.15) is 22.3 Å². The van der Waals surface area contributed by atoms with E-state index < -0.39 is 30.1 Å². The number of halogens is 1. The fourth-order valence-corrected chi connectivity index (χ4v) is 3.30. The van der Waals surface area contributed by atoms with E-state index in [0.29, 0.717) is 27.8 Å². The van der Waals surface area contributed by atoms with Crippen LogP contribution in [-0.4, -0.2) is 23.3 Å². The van der Waals surface area contributed by atoms with Crippen molar-refractivity contribution in [2.45, 2.75) is 12.8 Å². The fourth-order valence-electron chi connectivity index (χ4n) is 2.44. The van der Waals surface area contributed by atoms with Gasteiger partial charge in [0.05, 0.1) is 11.6 Å². The van der Waals surface area contributed by atoms with E-state index >= 15 is 0 Å². The van der Waals surface area contributed by atoms with E-state index in [0.717, 1.165) is 6.08 Å². The van der Waals surface area contributed by atoms with Gasteiger partial charge in [-0.15, -0.1) is 11.3 Å². The van der Waals surface area contributed by atoms with Crippen LogP contribution in [0.25, 0.3) is 17.4 Å². The molecule has 0 unspecified atom stereocenters. The summed E-state index contributed by atoms with van der Waals surface area (Å²) in [5.41, 5.74) is 1.02. The Hall–Kier alpha value is -3.57. The number of hydrogen-bond donors (Lipinski definition) is 0. The van der Waals surface area contributed by atoms with E-state index in [1.165, 1.54) is 23.5 Å². The average molecular weight is 410 g/mol. The number of aryl methyl sites for hydroxylation is 1. The minimum absolute atomic E-state index is 0.306. The molecular weight excluding hydrogens is 395 g/mol. The molecule has 0 saturated heterocycles. The first-order valence-electron chi connectivity index (χ1n) is 8.52. The highest BCUT2D eigenvalue weighted by atomic mass is 32.1. The molecule has 29 heavy (non-hydrogen) atoms. The summed E-state index contributed by atoms with van der Waals surface area (Å²) in [6.07, 6.45) is 2.44. The molecule has 0 saturated carbocycles. The van der Waals surface area contributed by atoms with Crippen molar-refractivity contribution in [1.82, 2.24) is 4.98 Å². The zero-order chi connectivity index (χ0) is 20.8. The monoisotopic (exact) mass is 410 g/mol. The number of ketones is 1. The molecule has 0 bridgehead atoms. The Kier molecular flexibility index (Phi) is 6.32. The standard InChI is InChI=1S/C21H15FN2O4S/c1-13-12-29-21(24-13)16(10-23)18(25)11-27-20(26)9-7-14-6-8-19(28-14)15-4-2-3-5-17(15)22/h2-9,12,16H,11H2,1H3/b9-7+/t16-/m0/s1. The van der Waals surface area contributed by atoms with E-state index in [9.17, 15) is 19.2 Å². The number of esters is 1. The van der Waals surface area contributed by atoms with Crippen molar-refractivity contribution < 1.29 is 23.1 Å². The van der Waals surface area contributed by atoms with Gasteiger partial charge in [-0.25, -0.2) is 14.2 Å². The summed E-state index contributed by atoms with van der Waals surface area (Å²) in [4.78, 5) is 28.1. The number of benzene rings is 1. The highest BCUT2D eigenvalue weighted by Crippen LogP contribution is 2.25. The number of aromatic nitrogens is 1. The summed E-state index contributed by atoms with van der Waals surface area (Å²) in [6.45, 7) is 1.22. The minimum atomic E-state index is -1.07. The van der Waals surface area contributed by atoms with Gasteiger partial charge in [-0.2, -0.15) is 5.26 Å². The van der Waals surface area contributed by atoms with Crippen molar-refractivity contribution in [3.05, 3.63) is 70.1 Å². The third-order valence-electron chi connectivity index (χ3n) is 3.84. The molecule has 0 N–H and O–H groups in total. The van der Waals surface area contributed by atoms with Gasteiger partial charge in [0.2, 0.25) is 0 Å². The van der Waals surface area contributed by atoms with Gasteiger partial charge in [0, 0.05) is 17.2 Å². The Morgan fingerprint density at radius 1 is 1.34 bits per heavy atom. The molecule has 1 atom stereocenters. The molecule has 146 valence electrons. The van der Waals surface area contributed by atoms with Crippen LogP contribution in [0.1, 0.15) is 22.4 Å². The Morgan fingerprint density at radius 3 is 2.83 bits per heavy atom. The Labute approximate surface area is 169 Å². The van der Waals surface area contributed by atoms with E-state index in [1.807, 2.05) is 6.07 Å². The van der Waals surface area contributed by atoms with Crippen LogP contribution in [-0.2, 0) is 14.3 Å². The number of carbonyl (C=O) groups is 2. The number of furan rings is 1. The molecule has 1 aromatic carbocycles.